The number of nitrogens with zero attached hydrogens (tertiary/aromatic N) is 1. The molecule has 5 rings (SSSR count). The Morgan fingerprint density at radius 1 is 1.14 bits per heavy atom. The molecule has 2 aromatic carbocycles. The number of fused-ring (bicyclic) bond motifs is 3. The topological polar surface area (TPSA) is 126 Å². The number of hydrogen-bond acceptors (Lipinski definition) is 9. The van der Waals surface area contributed by atoms with Crippen molar-refractivity contribution in [2.45, 2.75) is 39.7 Å². The number of ketones is 3. The van der Waals surface area contributed by atoms with Gasteiger partial charge in [0.1, 0.15) is 39.0 Å². The second kappa shape index (κ2) is 8.70. The van der Waals surface area contributed by atoms with Gasteiger partial charge in [0.25, 0.3) is 0 Å². The van der Waals surface area contributed by atoms with Crippen molar-refractivity contribution in [2.24, 2.45) is 0 Å². The van der Waals surface area contributed by atoms with E-state index in [1.54, 1.807) is 13.8 Å². The Kier molecular flexibility index (Phi) is 5.75. The molecule has 8 nitrogen and oxygen atoms in total. The lowest BCUT2D eigenvalue weighted by Crippen LogP contribution is -2.41. The van der Waals surface area contributed by atoms with E-state index >= 15 is 0 Å². The molecular formula is C28H24N2O6S. The molecule has 0 bridgehead atoms. The molecule has 0 spiro atoms. The molecule has 0 fully saturated rings. The van der Waals surface area contributed by atoms with E-state index in [2.05, 4.69) is 10.3 Å². The van der Waals surface area contributed by atoms with E-state index in [1.165, 1.54) is 31.3 Å². The number of ether oxygens (including phenoxy) is 1. The number of phenols is 2. The van der Waals surface area contributed by atoms with Crippen LogP contribution in [0.25, 0.3) is 10.6 Å². The maximum Gasteiger partial charge on any atom is 0.194 e. The highest BCUT2D eigenvalue weighted by atomic mass is 32.1. The van der Waals surface area contributed by atoms with E-state index in [4.69, 9.17) is 4.74 Å². The number of Topliss-reactive ketones (excluding diaryl/α,β-unsaturated/α-hetero) is 2. The fraction of sp³-hybridized carbons (Fsp3) is 0.214. The summed E-state index contributed by atoms with van der Waals surface area (Å²) in [6.07, 6.45) is 1.20. The summed E-state index contributed by atoms with van der Waals surface area (Å²) in [4.78, 5) is 43.9. The summed E-state index contributed by atoms with van der Waals surface area (Å²) in [5, 5.41) is 27.3. The monoisotopic (exact) mass is 516 g/mol. The molecule has 1 aromatic heterocycles. The third-order valence-electron chi connectivity index (χ3n) is 6.87. The second-order valence-electron chi connectivity index (χ2n) is 9.25. The number of thiazole rings is 1. The first-order valence-corrected chi connectivity index (χ1v) is 12.5. The van der Waals surface area contributed by atoms with Crippen LogP contribution in [0.1, 0.15) is 48.0 Å². The van der Waals surface area contributed by atoms with Gasteiger partial charge in [-0.3, -0.25) is 14.4 Å². The first-order valence-electron chi connectivity index (χ1n) is 11.6. The fourth-order valence-electron chi connectivity index (χ4n) is 4.78. The Morgan fingerprint density at radius 2 is 1.84 bits per heavy atom. The Balaban J connectivity index is 1.51. The molecule has 37 heavy (non-hydrogen) atoms. The van der Waals surface area contributed by atoms with E-state index in [0.717, 1.165) is 16.3 Å². The van der Waals surface area contributed by atoms with Gasteiger partial charge in [0.2, 0.25) is 0 Å². The highest BCUT2D eigenvalue weighted by Crippen LogP contribution is 2.57. The minimum absolute atomic E-state index is 0.00357. The summed E-state index contributed by atoms with van der Waals surface area (Å²) < 4.78 is 5.79. The van der Waals surface area contributed by atoms with Crippen molar-refractivity contribution in [1.82, 2.24) is 10.3 Å². The summed E-state index contributed by atoms with van der Waals surface area (Å²) in [5.74, 6) is -2.50. The average molecular weight is 517 g/mol. The van der Waals surface area contributed by atoms with Crippen molar-refractivity contribution < 1.29 is 29.3 Å². The van der Waals surface area contributed by atoms with E-state index in [-0.39, 0.29) is 39.5 Å². The molecule has 0 amide bonds. The number of rotatable bonds is 5. The number of carbonyl (C=O) groups is 3. The highest BCUT2D eigenvalue weighted by Gasteiger charge is 2.56. The van der Waals surface area contributed by atoms with Gasteiger partial charge in [0.05, 0.1) is 23.4 Å². The Labute approximate surface area is 216 Å². The van der Waals surface area contributed by atoms with Crippen LogP contribution in [0.2, 0.25) is 0 Å². The molecule has 3 N–H and O–H groups in total. The second-order valence-corrected chi connectivity index (χ2v) is 10.1. The number of nitrogens with one attached hydrogen (secondary N) is 1. The van der Waals surface area contributed by atoms with Crippen molar-refractivity contribution in [2.75, 3.05) is 0 Å². The molecule has 0 saturated carbocycles. The molecule has 1 unspecified atom stereocenters. The number of allylic oxidation sites excluding steroid dienone is 4. The van der Waals surface area contributed by atoms with Crippen LogP contribution in [-0.4, -0.2) is 32.5 Å². The van der Waals surface area contributed by atoms with Crippen molar-refractivity contribution in [3.05, 3.63) is 81.2 Å². The number of aromatic nitrogens is 1. The van der Waals surface area contributed by atoms with Gasteiger partial charge in [-0.2, -0.15) is 0 Å². The number of aromatic hydroxyl groups is 2. The van der Waals surface area contributed by atoms with Gasteiger partial charge >= 0.3 is 0 Å². The SMILES string of the molecule is CC(=O)c1c(O)c(C)c(O)c2c1OC1=CC(=O)C(=C(C)NCc3csc(-c4ccccc4)n3)C(=O)C12C. The van der Waals surface area contributed by atoms with Crippen molar-refractivity contribution in [1.29, 1.82) is 0 Å². The lowest BCUT2D eigenvalue weighted by Gasteiger charge is -2.29. The van der Waals surface area contributed by atoms with Crippen LogP contribution in [0.4, 0.5) is 0 Å². The average Bonchev–Trinajstić information content (AvgIpc) is 3.45. The van der Waals surface area contributed by atoms with Gasteiger partial charge < -0.3 is 20.3 Å². The number of carbonyl (C=O) groups excluding carboxylic acids is 3. The zero-order chi connectivity index (χ0) is 26.6. The molecule has 1 atom stereocenters. The molecule has 0 saturated heterocycles. The minimum atomic E-state index is -1.55. The Bertz CT molecular complexity index is 1570. The predicted octanol–water partition coefficient (Wildman–Crippen LogP) is 4.48. The van der Waals surface area contributed by atoms with Crippen molar-refractivity contribution in [3.63, 3.8) is 0 Å². The first-order chi connectivity index (χ1) is 17.6. The summed E-state index contributed by atoms with van der Waals surface area (Å²) in [5.41, 5.74) is 0.475. The first kappa shape index (κ1) is 24.5. The lowest BCUT2D eigenvalue weighted by molar-refractivity contribution is -0.123. The molecule has 3 aromatic rings. The van der Waals surface area contributed by atoms with Gasteiger partial charge in [-0.05, 0) is 27.7 Å². The maximum absolute atomic E-state index is 13.9. The summed E-state index contributed by atoms with van der Waals surface area (Å²) in [6, 6.07) is 9.77. The van der Waals surface area contributed by atoms with Crippen LogP contribution in [0.5, 0.6) is 17.2 Å². The predicted molar refractivity (Wildman–Crippen MR) is 138 cm³/mol. The third kappa shape index (κ3) is 3.65. The molecule has 9 heteroatoms. The number of phenolic OH excluding ortho intramolecular Hbond substituents is 2. The zero-order valence-corrected chi connectivity index (χ0v) is 21.4. The van der Waals surface area contributed by atoms with Crippen LogP contribution < -0.4 is 10.1 Å². The summed E-state index contributed by atoms with van der Waals surface area (Å²) >= 11 is 1.50. The Morgan fingerprint density at radius 3 is 2.51 bits per heavy atom. The van der Waals surface area contributed by atoms with Crippen LogP contribution in [0.15, 0.2) is 58.8 Å². The molecule has 1 aliphatic heterocycles. The number of hydrogen-bond donors (Lipinski definition) is 3. The maximum atomic E-state index is 13.9. The minimum Gasteiger partial charge on any atom is -0.507 e. The third-order valence-corrected chi connectivity index (χ3v) is 7.81. The van der Waals surface area contributed by atoms with Gasteiger partial charge in [-0.25, -0.2) is 4.98 Å². The summed E-state index contributed by atoms with van der Waals surface area (Å²) in [6.45, 7) is 6.17. The summed E-state index contributed by atoms with van der Waals surface area (Å²) in [7, 11) is 0. The van der Waals surface area contributed by atoms with Gasteiger partial charge in [0, 0.05) is 28.3 Å². The van der Waals surface area contributed by atoms with Gasteiger partial charge in [0.15, 0.2) is 17.3 Å². The largest absolute Gasteiger partial charge is 0.507 e. The van der Waals surface area contributed by atoms with Crippen molar-refractivity contribution in [3.8, 4) is 27.8 Å². The number of benzene rings is 2. The molecule has 188 valence electrons. The van der Waals surface area contributed by atoms with Crippen LogP contribution in [0, 0.1) is 6.92 Å². The Hall–Kier alpha value is -4.24. The van der Waals surface area contributed by atoms with E-state index < -0.39 is 28.5 Å². The van der Waals surface area contributed by atoms with Crippen LogP contribution in [-0.2, 0) is 21.5 Å². The zero-order valence-electron chi connectivity index (χ0n) is 20.6. The quantitative estimate of drug-likeness (QED) is 0.257. The van der Waals surface area contributed by atoms with Gasteiger partial charge in [-0.15, -0.1) is 11.3 Å². The molecule has 1 aliphatic carbocycles. The highest BCUT2D eigenvalue weighted by molar-refractivity contribution is 7.13. The van der Waals surface area contributed by atoms with Gasteiger partial charge in [-0.1, -0.05) is 30.3 Å². The molecule has 0 radical (unpaired) electrons. The van der Waals surface area contributed by atoms with E-state index in [0.29, 0.717) is 12.2 Å². The fourth-order valence-corrected chi connectivity index (χ4v) is 5.60. The standard InChI is InChI=1S/C28H24N2O6S/c1-13-23(33)21(15(3)31)25-22(24(13)34)28(4)19(36-25)10-18(32)20(26(28)35)14(2)29-11-17-12-37-27(30-17)16-8-6-5-7-9-16/h5-10,12,29,33-34H,11H2,1-4H3. The smallest absolute Gasteiger partial charge is 0.194 e. The normalized spacial score (nSPS) is 19.6. The molecule has 2 aliphatic rings. The van der Waals surface area contributed by atoms with E-state index in [9.17, 15) is 24.6 Å². The van der Waals surface area contributed by atoms with Crippen LogP contribution >= 0.6 is 11.3 Å². The van der Waals surface area contributed by atoms with E-state index in [1.807, 2.05) is 35.7 Å². The van der Waals surface area contributed by atoms with Crippen molar-refractivity contribution >= 4 is 28.7 Å². The van der Waals surface area contributed by atoms with Crippen LogP contribution in [0.3, 0.4) is 0 Å². The molecular weight excluding hydrogens is 492 g/mol. The molecule has 2 heterocycles. The lowest BCUT2D eigenvalue weighted by atomic mass is 9.70.